The lowest BCUT2D eigenvalue weighted by atomic mass is 10.2. The van der Waals surface area contributed by atoms with Crippen molar-refractivity contribution in [3.05, 3.63) is 76.5 Å². The van der Waals surface area contributed by atoms with Gasteiger partial charge in [0, 0.05) is 43.2 Å². The van der Waals surface area contributed by atoms with Gasteiger partial charge in [-0.3, -0.25) is 4.79 Å². The van der Waals surface area contributed by atoms with Crippen LogP contribution in [0.1, 0.15) is 48.1 Å². The first-order chi connectivity index (χ1) is 17.9. The molecule has 5 rings (SSSR count). The number of hydrogen-bond donors (Lipinski definition) is 0. The molecule has 1 aliphatic heterocycles. The minimum absolute atomic E-state index is 0.0128. The van der Waals surface area contributed by atoms with Gasteiger partial charge in [-0.2, -0.15) is 5.10 Å². The summed E-state index contributed by atoms with van der Waals surface area (Å²) in [4.78, 5) is 27.2. The molecule has 0 bridgehead atoms. The summed E-state index contributed by atoms with van der Waals surface area (Å²) in [6.07, 6.45) is 3.60. The summed E-state index contributed by atoms with van der Waals surface area (Å²) in [5.41, 5.74) is 2.88. The monoisotopic (exact) mass is 520 g/mol. The van der Waals surface area contributed by atoms with Gasteiger partial charge in [0.2, 0.25) is 0 Å². The number of hydrogen-bond acceptors (Lipinski definition) is 5. The maximum absolute atomic E-state index is 13.6. The number of fused-ring (bicyclic) bond motifs is 1. The van der Waals surface area contributed by atoms with E-state index in [1.807, 2.05) is 11.8 Å². The van der Waals surface area contributed by atoms with E-state index < -0.39 is 0 Å². The smallest absolute Gasteiger partial charge is 0.253 e. The van der Waals surface area contributed by atoms with Gasteiger partial charge in [0.1, 0.15) is 17.5 Å². The topological polar surface area (TPSA) is 67.2 Å². The van der Waals surface area contributed by atoms with Crippen molar-refractivity contribution in [2.24, 2.45) is 0 Å². The number of aromatic nitrogens is 4. The predicted octanol–water partition coefficient (Wildman–Crippen LogP) is 5.61. The molecule has 2 aromatic heterocycles. The number of halogens is 2. The van der Waals surface area contributed by atoms with Crippen LogP contribution < -0.4 is 4.90 Å². The molecule has 37 heavy (non-hydrogen) atoms. The van der Waals surface area contributed by atoms with E-state index in [1.165, 1.54) is 12.1 Å². The highest BCUT2D eigenvalue weighted by Gasteiger charge is 2.25. The van der Waals surface area contributed by atoms with E-state index in [0.717, 1.165) is 66.3 Å². The van der Waals surface area contributed by atoms with Crippen molar-refractivity contribution in [2.75, 3.05) is 31.1 Å². The summed E-state index contributed by atoms with van der Waals surface area (Å²) < 4.78 is 15.4. The van der Waals surface area contributed by atoms with Crippen molar-refractivity contribution in [1.29, 1.82) is 0 Å². The molecule has 1 amide bonds. The number of amides is 1. The number of rotatable bonds is 6. The normalized spacial score (nSPS) is 14.3. The largest absolute Gasteiger partial charge is 0.354 e. The van der Waals surface area contributed by atoms with E-state index in [9.17, 15) is 9.18 Å². The van der Waals surface area contributed by atoms with Gasteiger partial charge >= 0.3 is 0 Å². The molecular weight excluding hydrogens is 491 g/mol. The molecular formula is C28H30ClFN6O. The summed E-state index contributed by atoms with van der Waals surface area (Å²) in [5.74, 6) is 1.31. The fraction of sp³-hybridized carbons (Fsp3) is 0.357. The van der Waals surface area contributed by atoms with Crippen molar-refractivity contribution < 1.29 is 9.18 Å². The molecule has 1 saturated heterocycles. The summed E-state index contributed by atoms with van der Waals surface area (Å²) in [5, 5.41) is 6.21. The van der Waals surface area contributed by atoms with E-state index in [1.54, 1.807) is 41.1 Å². The second-order valence-electron chi connectivity index (χ2n) is 9.38. The minimum Gasteiger partial charge on any atom is -0.354 e. The van der Waals surface area contributed by atoms with Crippen molar-refractivity contribution in [3.8, 4) is 5.69 Å². The lowest BCUT2D eigenvalue weighted by molar-refractivity contribution is 0.0767. The molecule has 0 radical (unpaired) electrons. The first kappa shape index (κ1) is 25.1. The van der Waals surface area contributed by atoms with Crippen molar-refractivity contribution in [1.82, 2.24) is 24.6 Å². The Morgan fingerprint density at radius 1 is 1.05 bits per heavy atom. The standard InChI is InChI=1S/C28H30ClFN6O/c1-3-4-9-24-31-26(25-19(2)33-36(27(25)32-24)23-12-10-22(30)11-13-23)34-14-6-15-35(17-16-34)28(37)20-7-5-8-21(29)18-20/h5,7-8,10-13,18H,3-4,6,9,14-17H2,1-2H3. The molecule has 2 aromatic carbocycles. The molecule has 0 saturated carbocycles. The highest BCUT2D eigenvalue weighted by molar-refractivity contribution is 6.30. The third-order valence-electron chi connectivity index (χ3n) is 6.71. The first-order valence-corrected chi connectivity index (χ1v) is 13.1. The van der Waals surface area contributed by atoms with Crippen LogP contribution >= 0.6 is 11.6 Å². The van der Waals surface area contributed by atoms with E-state index in [2.05, 4.69) is 11.8 Å². The Kier molecular flexibility index (Phi) is 7.37. The fourth-order valence-electron chi connectivity index (χ4n) is 4.78. The van der Waals surface area contributed by atoms with Crippen LogP contribution in [0.4, 0.5) is 10.2 Å². The first-order valence-electron chi connectivity index (χ1n) is 12.8. The molecule has 0 atom stereocenters. The van der Waals surface area contributed by atoms with Crippen LogP contribution in [0, 0.1) is 12.7 Å². The Labute approximate surface area is 220 Å². The molecule has 192 valence electrons. The molecule has 7 nitrogen and oxygen atoms in total. The van der Waals surface area contributed by atoms with Gasteiger partial charge in [-0.05, 0) is 62.2 Å². The number of benzene rings is 2. The Balaban J connectivity index is 1.50. The number of aryl methyl sites for hydroxylation is 2. The summed E-state index contributed by atoms with van der Waals surface area (Å²) in [6, 6.07) is 13.4. The molecule has 3 heterocycles. The number of carbonyl (C=O) groups is 1. The Hall–Kier alpha value is -3.52. The van der Waals surface area contributed by atoms with Crippen molar-refractivity contribution in [2.45, 2.75) is 39.5 Å². The van der Waals surface area contributed by atoms with Gasteiger partial charge < -0.3 is 9.80 Å². The quantitative estimate of drug-likeness (QED) is 0.330. The predicted molar refractivity (Wildman–Crippen MR) is 144 cm³/mol. The van der Waals surface area contributed by atoms with Gasteiger partial charge in [0.05, 0.1) is 16.8 Å². The van der Waals surface area contributed by atoms with E-state index in [0.29, 0.717) is 30.2 Å². The Bertz CT molecular complexity index is 1420. The zero-order chi connectivity index (χ0) is 25.9. The van der Waals surface area contributed by atoms with Crippen LogP contribution in [0.25, 0.3) is 16.7 Å². The molecule has 0 spiro atoms. The summed E-state index contributed by atoms with van der Waals surface area (Å²) >= 11 is 6.12. The van der Waals surface area contributed by atoms with Crippen LogP contribution in [0.3, 0.4) is 0 Å². The van der Waals surface area contributed by atoms with Crippen LogP contribution in [-0.2, 0) is 6.42 Å². The summed E-state index contributed by atoms with van der Waals surface area (Å²) in [7, 11) is 0. The lowest BCUT2D eigenvalue weighted by Gasteiger charge is -2.24. The van der Waals surface area contributed by atoms with Gasteiger partial charge in [-0.15, -0.1) is 0 Å². The number of unbranched alkanes of at least 4 members (excludes halogenated alkanes) is 1. The molecule has 9 heteroatoms. The molecule has 0 N–H and O–H groups in total. The Morgan fingerprint density at radius 3 is 2.62 bits per heavy atom. The summed E-state index contributed by atoms with van der Waals surface area (Å²) in [6.45, 7) is 6.74. The SMILES string of the molecule is CCCCc1nc(N2CCCN(C(=O)c3cccc(Cl)c3)CC2)c2c(C)nn(-c3ccc(F)cc3)c2n1. The average molecular weight is 521 g/mol. The molecule has 0 unspecified atom stereocenters. The van der Waals surface area contributed by atoms with Crippen LogP contribution in [0.15, 0.2) is 48.5 Å². The van der Waals surface area contributed by atoms with Gasteiger partial charge in [0.25, 0.3) is 5.91 Å². The van der Waals surface area contributed by atoms with Gasteiger partial charge in [-0.25, -0.2) is 19.0 Å². The zero-order valence-electron chi connectivity index (χ0n) is 21.1. The lowest BCUT2D eigenvalue weighted by Crippen LogP contribution is -2.35. The van der Waals surface area contributed by atoms with Crippen LogP contribution in [0.5, 0.6) is 0 Å². The highest BCUT2D eigenvalue weighted by Crippen LogP contribution is 2.30. The molecule has 4 aromatic rings. The average Bonchev–Trinajstić information content (AvgIpc) is 3.07. The van der Waals surface area contributed by atoms with Crippen molar-refractivity contribution >= 4 is 34.4 Å². The van der Waals surface area contributed by atoms with E-state index >= 15 is 0 Å². The second-order valence-corrected chi connectivity index (χ2v) is 9.82. The van der Waals surface area contributed by atoms with E-state index in [4.69, 9.17) is 26.7 Å². The third-order valence-corrected chi connectivity index (χ3v) is 6.94. The van der Waals surface area contributed by atoms with Crippen LogP contribution in [0.2, 0.25) is 5.02 Å². The van der Waals surface area contributed by atoms with Gasteiger partial charge in [0.15, 0.2) is 5.65 Å². The fourth-order valence-corrected chi connectivity index (χ4v) is 4.97. The molecule has 1 fully saturated rings. The van der Waals surface area contributed by atoms with Crippen molar-refractivity contribution in [3.63, 3.8) is 0 Å². The third kappa shape index (κ3) is 5.30. The maximum Gasteiger partial charge on any atom is 0.253 e. The van der Waals surface area contributed by atoms with Crippen LogP contribution in [-0.4, -0.2) is 56.7 Å². The molecule has 0 aliphatic carbocycles. The van der Waals surface area contributed by atoms with Gasteiger partial charge in [-0.1, -0.05) is 31.0 Å². The highest BCUT2D eigenvalue weighted by atomic mass is 35.5. The zero-order valence-corrected chi connectivity index (χ0v) is 21.9. The second kappa shape index (κ2) is 10.8. The Morgan fingerprint density at radius 2 is 1.86 bits per heavy atom. The number of anilines is 1. The maximum atomic E-state index is 13.6. The number of nitrogens with zero attached hydrogens (tertiary/aromatic N) is 6. The number of carbonyl (C=O) groups excluding carboxylic acids is 1. The molecule has 1 aliphatic rings. The minimum atomic E-state index is -0.294. The van der Waals surface area contributed by atoms with E-state index in [-0.39, 0.29) is 11.7 Å².